The van der Waals surface area contributed by atoms with Gasteiger partial charge in [-0.15, -0.1) is 0 Å². The Kier molecular flexibility index (Phi) is 4.77. The number of benzene rings is 2. The number of hydrogen-bond donors (Lipinski definition) is 2. The van der Waals surface area contributed by atoms with Gasteiger partial charge in [0.25, 0.3) is 5.91 Å². The minimum absolute atomic E-state index is 0.0435. The highest BCUT2D eigenvalue weighted by molar-refractivity contribution is 6.12. The average Bonchev–Trinajstić information content (AvgIpc) is 2.51. The number of amides is 1. The molecule has 3 N–H and O–H groups in total. The second kappa shape index (κ2) is 6.74. The number of nitrogens with two attached hydrogens (primary N) is 1. The van der Waals surface area contributed by atoms with E-state index in [1.165, 1.54) is 0 Å². The van der Waals surface area contributed by atoms with E-state index in [4.69, 9.17) is 10.6 Å². The normalized spacial score (nSPS) is 13.0. The number of oxime groups is 1. The number of guanidine groups is 1. The van der Waals surface area contributed by atoms with Gasteiger partial charge in [0.15, 0.2) is 0 Å². The summed E-state index contributed by atoms with van der Waals surface area (Å²) in [5, 5.41) is 8.10. The molecule has 1 unspecified atom stereocenters. The number of rotatable bonds is 4. The fourth-order valence-corrected chi connectivity index (χ4v) is 1.85. The topological polar surface area (TPSA) is 76.7 Å². The molecule has 0 aliphatic heterocycles. The first-order valence-corrected chi connectivity index (χ1v) is 6.90. The summed E-state index contributed by atoms with van der Waals surface area (Å²) in [4.78, 5) is 17.4. The summed E-state index contributed by atoms with van der Waals surface area (Å²) in [6, 6.07) is 13.2. The molecule has 110 valence electrons. The van der Waals surface area contributed by atoms with Crippen molar-refractivity contribution >= 4 is 22.6 Å². The van der Waals surface area contributed by atoms with Gasteiger partial charge >= 0.3 is 0 Å². The first-order chi connectivity index (χ1) is 10.1. The second-order valence-corrected chi connectivity index (χ2v) is 4.78. The maximum atomic E-state index is 12.3. The van der Waals surface area contributed by atoms with Gasteiger partial charge in [0.1, 0.15) is 6.10 Å². The number of carbonyl (C=O) groups is 1. The molecule has 0 heterocycles. The van der Waals surface area contributed by atoms with Crippen LogP contribution in [0.1, 0.15) is 30.6 Å². The van der Waals surface area contributed by atoms with E-state index in [1.807, 2.05) is 50.2 Å². The van der Waals surface area contributed by atoms with E-state index in [2.05, 4.69) is 10.5 Å². The van der Waals surface area contributed by atoms with E-state index in [1.54, 1.807) is 6.07 Å². The molecule has 0 bridgehead atoms. The minimum atomic E-state index is -0.305. The van der Waals surface area contributed by atoms with E-state index >= 15 is 0 Å². The Labute approximate surface area is 123 Å². The SMILES string of the molecule is CCC(C)ON=C(N)NC(=O)c1cccc2ccccc12. The largest absolute Gasteiger partial charge is 0.390 e. The predicted molar refractivity (Wildman–Crippen MR) is 83.9 cm³/mol. The molecule has 2 aromatic carbocycles. The number of carbonyl (C=O) groups excluding carboxylic acids is 1. The molecule has 0 aromatic heterocycles. The average molecular weight is 285 g/mol. The van der Waals surface area contributed by atoms with Crippen molar-refractivity contribution in [3.8, 4) is 0 Å². The molecule has 5 heteroatoms. The van der Waals surface area contributed by atoms with Crippen LogP contribution in [0, 0.1) is 0 Å². The van der Waals surface area contributed by atoms with E-state index < -0.39 is 0 Å². The maximum absolute atomic E-state index is 12.3. The zero-order chi connectivity index (χ0) is 15.2. The van der Waals surface area contributed by atoms with Gasteiger partial charge < -0.3 is 10.6 Å². The molecule has 1 amide bonds. The fourth-order valence-electron chi connectivity index (χ4n) is 1.85. The monoisotopic (exact) mass is 285 g/mol. The lowest BCUT2D eigenvalue weighted by atomic mass is 10.0. The summed E-state index contributed by atoms with van der Waals surface area (Å²) in [6.45, 7) is 3.86. The highest BCUT2D eigenvalue weighted by Gasteiger charge is 2.11. The Bertz CT molecular complexity index is 662. The van der Waals surface area contributed by atoms with Crippen LogP contribution in [-0.4, -0.2) is 18.0 Å². The van der Waals surface area contributed by atoms with Gasteiger partial charge in [-0.1, -0.05) is 43.3 Å². The Morgan fingerprint density at radius 1 is 1.29 bits per heavy atom. The van der Waals surface area contributed by atoms with Crippen molar-refractivity contribution in [1.82, 2.24) is 5.32 Å². The van der Waals surface area contributed by atoms with Crippen LogP contribution >= 0.6 is 0 Å². The summed E-state index contributed by atoms with van der Waals surface area (Å²) in [7, 11) is 0. The van der Waals surface area contributed by atoms with Crippen LogP contribution in [0.25, 0.3) is 10.8 Å². The molecule has 0 radical (unpaired) electrons. The Morgan fingerprint density at radius 3 is 2.76 bits per heavy atom. The van der Waals surface area contributed by atoms with Crippen LogP contribution in [0.3, 0.4) is 0 Å². The minimum Gasteiger partial charge on any atom is -0.390 e. The molecule has 0 aliphatic rings. The predicted octanol–water partition coefficient (Wildman–Crippen LogP) is 2.61. The number of fused-ring (bicyclic) bond motifs is 1. The van der Waals surface area contributed by atoms with Crippen LogP contribution in [0.15, 0.2) is 47.6 Å². The molecule has 2 rings (SSSR count). The van der Waals surface area contributed by atoms with Gasteiger partial charge in [-0.25, -0.2) is 0 Å². The van der Waals surface area contributed by atoms with Crippen molar-refractivity contribution < 1.29 is 9.63 Å². The van der Waals surface area contributed by atoms with Crippen molar-refractivity contribution in [1.29, 1.82) is 0 Å². The molecule has 0 fully saturated rings. The smallest absolute Gasteiger partial charge is 0.258 e. The van der Waals surface area contributed by atoms with Crippen molar-refractivity contribution in [2.45, 2.75) is 26.4 Å². The van der Waals surface area contributed by atoms with Gasteiger partial charge in [-0.3, -0.25) is 10.1 Å². The quantitative estimate of drug-likeness (QED) is 0.515. The lowest BCUT2D eigenvalue weighted by Gasteiger charge is -2.09. The van der Waals surface area contributed by atoms with E-state index in [0.29, 0.717) is 5.56 Å². The molecule has 1 atom stereocenters. The summed E-state index contributed by atoms with van der Waals surface area (Å²) in [5.41, 5.74) is 6.20. The molecular weight excluding hydrogens is 266 g/mol. The van der Waals surface area contributed by atoms with Crippen molar-refractivity contribution in [3.05, 3.63) is 48.0 Å². The molecule has 21 heavy (non-hydrogen) atoms. The van der Waals surface area contributed by atoms with Crippen LogP contribution in [-0.2, 0) is 4.84 Å². The number of nitrogens with zero attached hydrogens (tertiary/aromatic N) is 1. The van der Waals surface area contributed by atoms with Gasteiger partial charge in [-0.05, 0) is 35.3 Å². The maximum Gasteiger partial charge on any atom is 0.258 e. The van der Waals surface area contributed by atoms with Gasteiger partial charge in [0.05, 0.1) is 0 Å². The van der Waals surface area contributed by atoms with Gasteiger partial charge in [0.2, 0.25) is 5.96 Å². The summed E-state index contributed by atoms with van der Waals surface area (Å²) >= 11 is 0. The van der Waals surface area contributed by atoms with Gasteiger partial charge in [-0.2, -0.15) is 0 Å². The summed E-state index contributed by atoms with van der Waals surface area (Å²) < 4.78 is 0. The molecule has 0 aliphatic carbocycles. The highest BCUT2D eigenvalue weighted by atomic mass is 16.6. The van der Waals surface area contributed by atoms with Crippen LogP contribution in [0.2, 0.25) is 0 Å². The third kappa shape index (κ3) is 3.72. The van der Waals surface area contributed by atoms with Gasteiger partial charge in [0, 0.05) is 5.56 Å². The lowest BCUT2D eigenvalue weighted by Crippen LogP contribution is -2.37. The Morgan fingerprint density at radius 2 is 2.00 bits per heavy atom. The lowest BCUT2D eigenvalue weighted by molar-refractivity contribution is 0.0682. The molecule has 5 nitrogen and oxygen atoms in total. The second-order valence-electron chi connectivity index (χ2n) is 4.78. The standard InChI is InChI=1S/C16H19N3O2/c1-3-11(2)21-19-16(17)18-15(20)14-10-6-8-12-7-4-5-9-13(12)14/h4-11H,3H2,1-2H3,(H3,17,18,19,20). The zero-order valence-electron chi connectivity index (χ0n) is 12.2. The third-order valence-corrected chi connectivity index (χ3v) is 3.18. The molecule has 2 aromatic rings. The first kappa shape index (κ1) is 14.8. The molecule has 0 saturated heterocycles. The zero-order valence-corrected chi connectivity index (χ0v) is 12.2. The summed E-state index contributed by atoms with van der Waals surface area (Å²) in [5.74, 6) is -0.353. The van der Waals surface area contributed by atoms with Crippen LogP contribution in [0.4, 0.5) is 0 Å². The number of hydrogen-bond acceptors (Lipinski definition) is 3. The number of nitrogens with one attached hydrogen (secondary N) is 1. The van der Waals surface area contributed by atoms with E-state index in [9.17, 15) is 4.79 Å². The molecular formula is C16H19N3O2. The molecule has 0 spiro atoms. The van der Waals surface area contributed by atoms with Crippen molar-refractivity contribution in [3.63, 3.8) is 0 Å². The fraction of sp³-hybridized carbons (Fsp3) is 0.250. The van der Waals surface area contributed by atoms with Crippen molar-refractivity contribution in [2.75, 3.05) is 0 Å². The van der Waals surface area contributed by atoms with Crippen molar-refractivity contribution in [2.24, 2.45) is 10.9 Å². The Hall–Kier alpha value is -2.56. The molecule has 0 saturated carbocycles. The summed E-state index contributed by atoms with van der Waals surface area (Å²) in [6.07, 6.45) is 0.770. The van der Waals surface area contributed by atoms with Crippen LogP contribution < -0.4 is 11.1 Å². The van der Waals surface area contributed by atoms with E-state index in [0.717, 1.165) is 17.2 Å². The highest BCUT2D eigenvalue weighted by Crippen LogP contribution is 2.18. The third-order valence-electron chi connectivity index (χ3n) is 3.18. The first-order valence-electron chi connectivity index (χ1n) is 6.90. The van der Waals surface area contributed by atoms with E-state index in [-0.39, 0.29) is 18.0 Å². The van der Waals surface area contributed by atoms with Crippen LogP contribution in [0.5, 0.6) is 0 Å². The Balaban J connectivity index is 2.16.